The van der Waals surface area contributed by atoms with Crippen molar-refractivity contribution in [3.05, 3.63) is 24.1 Å². The quantitative estimate of drug-likeness (QED) is 0.558. The van der Waals surface area contributed by atoms with Crippen molar-refractivity contribution in [2.75, 3.05) is 70.5 Å². The Kier molecular flexibility index (Phi) is 6.90. The van der Waals surface area contributed by atoms with Gasteiger partial charge in [0.1, 0.15) is 6.07 Å². The Bertz CT molecular complexity index is 1130. The molecule has 3 saturated heterocycles. The molecule has 0 atom stereocenters. The first-order valence-corrected chi connectivity index (χ1v) is 12.2. The van der Waals surface area contributed by atoms with Gasteiger partial charge in [-0.2, -0.15) is 10.2 Å². The van der Waals surface area contributed by atoms with E-state index in [-0.39, 0.29) is 23.4 Å². The number of ether oxygens (including phenoxy) is 1. The van der Waals surface area contributed by atoms with Crippen molar-refractivity contribution in [2.45, 2.75) is 12.8 Å². The minimum Gasteiger partial charge on any atom is -0.459 e. The maximum absolute atomic E-state index is 13.2. The number of anilines is 1. The predicted octanol–water partition coefficient (Wildman–Crippen LogP) is 0.552. The van der Waals surface area contributed by atoms with Crippen LogP contribution < -0.4 is 4.90 Å². The van der Waals surface area contributed by atoms with E-state index >= 15 is 0 Å². The Morgan fingerprint density at radius 2 is 1.56 bits per heavy atom. The van der Waals surface area contributed by atoms with Gasteiger partial charge in [0.2, 0.25) is 17.5 Å². The van der Waals surface area contributed by atoms with Gasteiger partial charge < -0.3 is 33.2 Å². The Morgan fingerprint density at radius 1 is 0.917 bits per heavy atom. The van der Waals surface area contributed by atoms with E-state index in [1.165, 1.54) is 16.1 Å². The molecule has 2 aromatic heterocycles. The molecule has 2 aromatic rings. The SMILES string of the molecule is N#Cc1nc(-c2ccco2)oc1N1CCC(C(=O)N2CCN(C(=O)C(=O)N3CCOCC3)CC2)CC1. The minimum absolute atomic E-state index is 0.0654. The molecule has 0 radical (unpaired) electrons. The van der Waals surface area contributed by atoms with Crippen LogP contribution in [0.15, 0.2) is 27.2 Å². The van der Waals surface area contributed by atoms with Gasteiger partial charge in [-0.3, -0.25) is 14.4 Å². The van der Waals surface area contributed by atoms with E-state index in [1.807, 2.05) is 4.90 Å². The third-order valence-corrected chi connectivity index (χ3v) is 6.94. The zero-order valence-corrected chi connectivity index (χ0v) is 19.9. The van der Waals surface area contributed by atoms with E-state index in [9.17, 15) is 19.6 Å². The average molecular weight is 497 g/mol. The van der Waals surface area contributed by atoms with E-state index in [0.717, 1.165) is 0 Å². The summed E-state index contributed by atoms with van der Waals surface area (Å²) in [5, 5.41) is 9.49. The maximum atomic E-state index is 13.2. The molecule has 3 fully saturated rings. The van der Waals surface area contributed by atoms with E-state index in [2.05, 4.69) is 11.1 Å². The molecule has 0 bridgehead atoms. The Balaban J connectivity index is 1.12. The molecule has 0 unspecified atom stereocenters. The summed E-state index contributed by atoms with van der Waals surface area (Å²) in [7, 11) is 0. The van der Waals surface area contributed by atoms with Crippen LogP contribution in [-0.4, -0.2) is 103 Å². The summed E-state index contributed by atoms with van der Waals surface area (Å²) in [6.07, 6.45) is 2.75. The fraction of sp³-hybridized carbons (Fsp3) is 0.542. The van der Waals surface area contributed by atoms with Crippen molar-refractivity contribution >= 4 is 23.6 Å². The number of nitrogens with zero attached hydrogens (tertiary/aromatic N) is 6. The number of hydrogen-bond donors (Lipinski definition) is 0. The number of rotatable bonds is 3. The van der Waals surface area contributed by atoms with Crippen LogP contribution in [0.25, 0.3) is 11.7 Å². The second-order valence-corrected chi connectivity index (χ2v) is 9.05. The first-order valence-electron chi connectivity index (χ1n) is 12.2. The molecular formula is C24H28N6O6. The molecule has 3 amide bonds. The van der Waals surface area contributed by atoms with Crippen LogP contribution in [0.3, 0.4) is 0 Å². The zero-order chi connectivity index (χ0) is 25.1. The van der Waals surface area contributed by atoms with Crippen LogP contribution in [0.5, 0.6) is 0 Å². The van der Waals surface area contributed by atoms with Crippen molar-refractivity contribution < 1.29 is 28.0 Å². The second kappa shape index (κ2) is 10.4. The lowest BCUT2D eigenvalue weighted by molar-refractivity contribution is -0.156. The van der Waals surface area contributed by atoms with Crippen LogP contribution >= 0.6 is 0 Å². The molecule has 3 aliphatic rings. The number of oxazole rings is 1. The molecular weight excluding hydrogens is 468 g/mol. The van der Waals surface area contributed by atoms with E-state index < -0.39 is 11.8 Å². The Hall–Kier alpha value is -3.85. The van der Waals surface area contributed by atoms with Gasteiger partial charge in [-0.1, -0.05) is 0 Å². The first kappa shape index (κ1) is 23.9. The number of carbonyl (C=O) groups is 3. The minimum atomic E-state index is -0.508. The van der Waals surface area contributed by atoms with Crippen LogP contribution in [0.4, 0.5) is 5.88 Å². The van der Waals surface area contributed by atoms with Gasteiger partial charge in [0.15, 0.2) is 5.76 Å². The normalized spacial score (nSPS) is 19.3. The standard InChI is InChI=1S/C24H28N6O6/c25-16-18-24(36-20(26-18)19-2-1-13-35-19)30-5-3-17(4-6-30)21(31)27-7-9-28(10-8-27)22(32)23(33)29-11-14-34-15-12-29/h1-2,13,17H,3-12,14-15H2. The van der Waals surface area contributed by atoms with E-state index in [1.54, 1.807) is 17.0 Å². The van der Waals surface area contributed by atoms with E-state index in [0.29, 0.717) is 90.1 Å². The third kappa shape index (κ3) is 4.79. The van der Waals surface area contributed by atoms with Crippen LogP contribution in [0.2, 0.25) is 0 Å². The highest BCUT2D eigenvalue weighted by atomic mass is 16.5. The van der Waals surface area contributed by atoms with Gasteiger partial charge >= 0.3 is 11.8 Å². The molecule has 0 spiro atoms. The number of aromatic nitrogens is 1. The van der Waals surface area contributed by atoms with Gasteiger partial charge in [-0.25, -0.2) is 0 Å². The molecule has 0 aliphatic carbocycles. The molecule has 0 N–H and O–H groups in total. The molecule has 12 heteroatoms. The molecule has 5 rings (SSSR count). The average Bonchev–Trinajstić information content (AvgIpc) is 3.63. The van der Waals surface area contributed by atoms with Crippen molar-refractivity contribution in [3.8, 4) is 17.7 Å². The monoisotopic (exact) mass is 496 g/mol. The molecule has 3 aliphatic heterocycles. The maximum Gasteiger partial charge on any atom is 0.312 e. The topological polar surface area (TPSA) is 136 Å². The number of piperidine rings is 1. The fourth-order valence-electron chi connectivity index (χ4n) is 4.86. The van der Waals surface area contributed by atoms with Gasteiger partial charge in [0.25, 0.3) is 5.89 Å². The largest absolute Gasteiger partial charge is 0.459 e. The van der Waals surface area contributed by atoms with Crippen molar-refractivity contribution in [1.29, 1.82) is 5.26 Å². The number of hydrogen-bond acceptors (Lipinski definition) is 9. The van der Waals surface area contributed by atoms with Crippen LogP contribution in [-0.2, 0) is 19.1 Å². The zero-order valence-electron chi connectivity index (χ0n) is 19.9. The highest BCUT2D eigenvalue weighted by Crippen LogP contribution is 2.31. The van der Waals surface area contributed by atoms with Gasteiger partial charge in [-0.15, -0.1) is 0 Å². The fourth-order valence-corrected chi connectivity index (χ4v) is 4.86. The highest BCUT2D eigenvalue weighted by Gasteiger charge is 2.35. The van der Waals surface area contributed by atoms with Crippen LogP contribution in [0.1, 0.15) is 18.5 Å². The summed E-state index contributed by atoms with van der Waals surface area (Å²) < 4.78 is 16.4. The second-order valence-electron chi connectivity index (χ2n) is 9.05. The molecule has 0 saturated carbocycles. The molecule has 12 nitrogen and oxygen atoms in total. The lowest BCUT2D eigenvalue weighted by Gasteiger charge is -2.38. The number of morpholine rings is 1. The number of furan rings is 1. The third-order valence-electron chi connectivity index (χ3n) is 6.94. The smallest absolute Gasteiger partial charge is 0.312 e. The number of amides is 3. The van der Waals surface area contributed by atoms with Gasteiger partial charge in [-0.05, 0) is 25.0 Å². The number of carbonyl (C=O) groups excluding carboxylic acids is 3. The molecule has 0 aromatic carbocycles. The van der Waals surface area contributed by atoms with Crippen molar-refractivity contribution in [1.82, 2.24) is 19.7 Å². The molecule has 190 valence electrons. The number of nitriles is 1. The summed E-state index contributed by atoms with van der Waals surface area (Å²) in [5.41, 5.74) is 0.193. The Morgan fingerprint density at radius 3 is 2.17 bits per heavy atom. The molecule has 36 heavy (non-hydrogen) atoms. The highest BCUT2D eigenvalue weighted by molar-refractivity contribution is 6.34. The summed E-state index contributed by atoms with van der Waals surface area (Å²) in [5.74, 6) is 0.0201. The summed E-state index contributed by atoms with van der Waals surface area (Å²) in [6, 6.07) is 5.51. The van der Waals surface area contributed by atoms with Crippen LogP contribution in [0, 0.1) is 17.2 Å². The first-order chi connectivity index (χ1) is 17.5. The lowest BCUT2D eigenvalue weighted by atomic mass is 9.95. The van der Waals surface area contributed by atoms with E-state index in [4.69, 9.17) is 13.6 Å². The van der Waals surface area contributed by atoms with Gasteiger partial charge in [0, 0.05) is 58.3 Å². The van der Waals surface area contributed by atoms with Gasteiger partial charge in [0.05, 0.1) is 19.5 Å². The Labute approximate surface area is 208 Å². The lowest BCUT2D eigenvalue weighted by Crippen LogP contribution is -2.56. The van der Waals surface area contributed by atoms with Crippen molar-refractivity contribution in [3.63, 3.8) is 0 Å². The summed E-state index contributed by atoms with van der Waals surface area (Å²) >= 11 is 0. The molecule has 5 heterocycles. The van der Waals surface area contributed by atoms with Crippen molar-refractivity contribution in [2.24, 2.45) is 5.92 Å². The predicted molar refractivity (Wildman–Crippen MR) is 124 cm³/mol. The number of piperazine rings is 1. The summed E-state index contributed by atoms with van der Waals surface area (Å²) in [6.45, 7) is 4.37. The summed E-state index contributed by atoms with van der Waals surface area (Å²) in [4.78, 5) is 49.3.